The minimum absolute atomic E-state index is 0.0427. The summed E-state index contributed by atoms with van der Waals surface area (Å²) in [5.41, 5.74) is 1.90. The van der Waals surface area contributed by atoms with Crippen LogP contribution in [0.5, 0.6) is 0 Å². The van der Waals surface area contributed by atoms with Gasteiger partial charge in [-0.15, -0.1) is 0 Å². The molecule has 1 aromatic carbocycles. The fourth-order valence-electron chi connectivity index (χ4n) is 2.26. The molecular weight excluding hydrogens is 244 g/mol. The van der Waals surface area contributed by atoms with Gasteiger partial charge >= 0.3 is 0 Å². The lowest BCUT2D eigenvalue weighted by Crippen LogP contribution is -2.19. The summed E-state index contributed by atoms with van der Waals surface area (Å²) in [4.78, 5) is 12.0. The van der Waals surface area contributed by atoms with E-state index in [4.69, 9.17) is 0 Å². The summed E-state index contributed by atoms with van der Waals surface area (Å²) in [6.07, 6.45) is 5.39. The number of rotatable bonds is 3. The number of Topliss-reactive ketones (excluding diaryl/α,β-unsaturated/α-hetero) is 1. The van der Waals surface area contributed by atoms with E-state index >= 15 is 0 Å². The summed E-state index contributed by atoms with van der Waals surface area (Å²) in [5, 5.41) is 0.141. The van der Waals surface area contributed by atoms with Crippen molar-refractivity contribution in [3.8, 4) is 0 Å². The van der Waals surface area contributed by atoms with Gasteiger partial charge in [-0.05, 0) is 45.2 Å². The van der Waals surface area contributed by atoms with Gasteiger partial charge in [-0.2, -0.15) is 0 Å². The maximum absolute atomic E-state index is 12.5. The summed E-state index contributed by atoms with van der Waals surface area (Å²) in [6.45, 7) is 3.60. The minimum atomic E-state index is -1.00. The van der Waals surface area contributed by atoms with E-state index in [1.54, 1.807) is 19.1 Å². The van der Waals surface area contributed by atoms with E-state index in [2.05, 4.69) is 13.0 Å². The molecule has 0 bridgehead atoms. The number of hydrogen-bond acceptors (Lipinski definition) is 2. The van der Waals surface area contributed by atoms with E-state index in [1.807, 2.05) is 12.1 Å². The van der Waals surface area contributed by atoms with Gasteiger partial charge in [-0.3, -0.25) is 9.00 Å². The first-order valence-electron chi connectivity index (χ1n) is 6.28. The van der Waals surface area contributed by atoms with Crippen molar-refractivity contribution in [1.29, 1.82) is 0 Å². The van der Waals surface area contributed by atoms with Gasteiger partial charge in [0.2, 0.25) is 0 Å². The Morgan fingerprint density at radius 3 is 2.50 bits per heavy atom. The normalized spacial score (nSPS) is 21.2. The lowest BCUT2D eigenvalue weighted by atomic mass is 10.0. The van der Waals surface area contributed by atoms with Gasteiger partial charge in [0, 0.05) is 10.5 Å². The second-order valence-corrected chi connectivity index (χ2v) is 6.38. The highest BCUT2D eigenvalue weighted by Gasteiger charge is 2.22. The topological polar surface area (TPSA) is 34.1 Å². The van der Waals surface area contributed by atoms with E-state index in [1.165, 1.54) is 5.57 Å². The fourth-order valence-corrected chi connectivity index (χ4v) is 3.80. The van der Waals surface area contributed by atoms with Crippen LogP contribution in [0.15, 0.2) is 40.8 Å². The van der Waals surface area contributed by atoms with Crippen LogP contribution in [0, 0.1) is 0 Å². The predicted octanol–water partition coefficient (Wildman–Crippen LogP) is 3.50. The molecule has 2 unspecified atom stereocenters. The summed E-state index contributed by atoms with van der Waals surface area (Å²) >= 11 is 0. The van der Waals surface area contributed by atoms with Crippen LogP contribution >= 0.6 is 0 Å². The standard InChI is InChI=1S/C15H18O2S/c1-11-5-3-4-6-15(11)18(17)14-9-7-13(8-10-14)12(2)16/h5,7-10,15H,3-4,6H2,1-2H3. The minimum Gasteiger partial charge on any atom is -0.295 e. The highest BCUT2D eigenvalue weighted by Crippen LogP contribution is 2.26. The Kier molecular flexibility index (Phi) is 4.12. The zero-order valence-corrected chi connectivity index (χ0v) is 11.6. The summed E-state index contributed by atoms with van der Waals surface area (Å²) < 4.78 is 12.5. The molecule has 0 amide bonds. The van der Waals surface area contributed by atoms with Crippen LogP contribution in [0.25, 0.3) is 0 Å². The van der Waals surface area contributed by atoms with Crippen LogP contribution < -0.4 is 0 Å². The van der Waals surface area contributed by atoms with Gasteiger partial charge < -0.3 is 0 Å². The maximum atomic E-state index is 12.5. The molecule has 0 saturated carbocycles. The number of carbonyl (C=O) groups is 1. The lowest BCUT2D eigenvalue weighted by Gasteiger charge is -2.21. The van der Waals surface area contributed by atoms with Gasteiger partial charge in [0.05, 0.1) is 16.0 Å². The second-order valence-electron chi connectivity index (χ2n) is 4.75. The average Bonchev–Trinajstić information content (AvgIpc) is 2.38. The Hall–Kier alpha value is -1.22. The molecule has 0 N–H and O–H groups in total. The van der Waals surface area contributed by atoms with Crippen molar-refractivity contribution in [3.63, 3.8) is 0 Å². The molecule has 0 aliphatic heterocycles. The van der Waals surface area contributed by atoms with Gasteiger partial charge in [0.15, 0.2) is 5.78 Å². The monoisotopic (exact) mass is 262 g/mol. The first-order valence-corrected chi connectivity index (χ1v) is 7.49. The number of ketones is 1. The number of benzene rings is 1. The van der Waals surface area contributed by atoms with Crippen molar-refractivity contribution >= 4 is 16.6 Å². The molecule has 0 radical (unpaired) electrons. The third kappa shape index (κ3) is 2.78. The molecule has 96 valence electrons. The molecule has 1 aromatic rings. The van der Waals surface area contributed by atoms with Crippen LogP contribution in [-0.4, -0.2) is 15.2 Å². The third-order valence-electron chi connectivity index (χ3n) is 3.40. The molecule has 2 nitrogen and oxygen atoms in total. The Morgan fingerprint density at radius 1 is 1.28 bits per heavy atom. The molecule has 1 aliphatic rings. The molecule has 0 aromatic heterocycles. The van der Waals surface area contributed by atoms with Gasteiger partial charge in [0.1, 0.15) is 0 Å². The number of allylic oxidation sites excluding steroid dienone is 1. The highest BCUT2D eigenvalue weighted by atomic mass is 32.2. The van der Waals surface area contributed by atoms with Crippen LogP contribution in [-0.2, 0) is 10.8 Å². The molecule has 18 heavy (non-hydrogen) atoms. The van der Waals surface area contributed by atoms with E-state index < -0.39 is 10.8 Å². The maximum Gasteiger partial charge on any atom is 0.159 e. The summed E-state index contributed by atoms with van der Waals surface area (Å²) in [5.74, 6) is 0.0427. The average molecular weight is 262 g/mol. The Morgan fingerprint density at radius 2 is 1.94 bits per heavy atom. The predicted molar refractivity (Wildman–Crippen MR) is 74.3 cm³/mol. The number of hydrogen-bond donors (Lipinski definition) is 0. The van der Waals surface area contributed by atoms with E-state index in [-0.39, 0.29) is 11.0 Å². The first kappa shape index (κ1) is 13.2. The largest absolute Gasteiger partial charge is 0.295 e. The SMILES string of the molecule is CC(=O)c1ccc(S(=O)C2CCCC=C2C)cc1. The van der Waals surface area contributed by atoms with E-state index in [9.17, 15) is 9.00 Å². The quantitative estimate of drug-likeness (QED) is 0.617. The number of carbonyl (C=O) groups excluding carboxylic acids is 1. The molecular formula is C15H18O2S. The Labute approximate surface area is 111 Å². The lowest BCUT2D eigenvalue weighted by molar-refractivity contribution is 0.101. The van der Waals surface area contributed by atoms with E-state index in [0.717, 1.165) is 24.2 Å². The molecule has 0 saturated heterocycles. The van der Waals surface area contributed by atoms with Crippen molar-refractivity contribution in [3.05, 3.63) is 41.5 Å². The molecule has 3 heteroatoms. The van der Waals surface area contributed by atoms with Crippen LogP contribution in [0.2, 0.25) is 0 Å². The van der Waals surface area contributed by atoms with Crippen molar-refractivity contribution in [1.82, 2.24) is 0 Å². The van der Waals surface area contributed by atoms with Crippen LogP contribution in [0.4, 0.5) is 0 Å². The molecule has 2 rings (SSSR count). The summed E-state index contributed by atoms with van der Waals surface area (Å²) in [7, 11) is -1.00. The Balaban J connectivity index is 2.21. The van der Waals surface area contributed by atoms with Crippen molar-refractivity contribution in [2.75, 3.05) is 0 Å². The molecule has 0 fully saturated rings. The second kappa shape index (κ2) is 5.61. The van der Waals surface area contributed by atoms with Crippen molar-refractivity contribution in [2.45, 2.75) is 43.3 Å². The van der Waals surface area contributed by atoms with Gasteiger partial charge in [0.25, 0.3) is 0 Å². The highest BCUT2D eigenvalue weighted by molar-refractivity contribution is 7.86. The Bertz CT molecular complexity index is 500. The molecule has 0 heterocycles. The van der Waals surface area contributed by atoms with E-state index in [0.29, 0.717) is 5.56 Å². The zero-order chi connectivity index (χ0) is 13.1. The molecule has 0 spiro atoms. The fraction of sp³-hybridized carbons (Fsp3) is 0.400. The van der Waals surface area contributed by atoms with Gasteiger partial charge in [-0.1, -0.05) is 23.8 Å². The smallest absolute Gasteiger partial charge is 0.159 e. The zero-order valence-electron chi connectivity index (χ0n) is 10.8. The van der Waals surface area contributed by atoms with Crippen molar-refractivity contribution in [2.24, 2.45) is 0 Å². The van der Waals surface area contributed by atoms with Crippen LogP contribution in [0.1, 0.15) is 43.5 Å². The molecule has 1 aliphatic carbocycles. The molecule has 2 atom stereocenters. The van der Waals surface area contributed by atoms with Crippen LogP contribution in [0.3, 0.4) is 0 Å². The summed E-state index contributed by atoms with van der Waals surface area (Å²) in [6, 6.07) is 7.15. The van der Waals surface area contributed by atoms with Gasteiger partial charge in [-0.25, -0.2) is 0 Å². The third-order valence-corrected chi connectivity index (χ3v) is 5.26. The first-order chi connectivity index (χ1) is 8.59. The van der Waals surface area contributed by atoms with Crippen molar-refractivity contribution < 1.29 is 9.00 Å².